The normalized spacial score (nSPS) is 12.6. The second-order valence-electron chi connectivity index (χ2n) is 2.24. The summed E-state index contributed by atoms with van der Waals surface area (Å²) in [6.07, 6.45) is 1.67. The molecule has 0 saturated heterocycles. The van der Waals surface area contributed by atoms with Crippen molar-refractivity contribution in [2.75, 3.05) is 6.67 Å². The molecule has 1 N–H and O–H groups in total. The number of rotatable bonds is 4. The van der Waals surface area contributed by atoms with Crippen LogP contribution in [-0.2, 0) is 0 Å². The van der Waals surface area contributed by atoms with E-state index in [0.29, 0.717) is 0 Å². The van der Waals surface area contributed by atoms with Crippen molar-refractivity contribution < 1.29 is 9.60 Å². The lowest BCUT2D eigenvalue weighted by Crippen LogP contribution is -2.14. The summed E-state index contributed by atoms with van der Waals surface area (Å²) in [6.45, 7) is 3.27. The van der Waals surface area contributed by atoms with E-state index >= 15 is 0 Å². The van der Waals surface area contributed by atoms with Crippen LogP contribution in [-0.4, -0.2) is 17.6 Å². The van der Waals surface area contributed by atoms with Crippen LogP contribution >= 0.6 is 0 Å². The SMILES string of the molecule is CCC(CC)C(CF)=NO. The molecule has 0 fully saturated rings. The molecule has 0 heterocycles. The highest BCUT2D eigenvalue weighted by Gasteiger charge is 2.11. The molecule has 0 rings (SSSR count). The van der Waals surface area contributed by atoms with Crippen molar-refractivity contribution in [1.29, 1.82) is 0 Å². The van der Waals surface area contributed by atoms with Gasteiger partial charge in [0.25, 0.3) is 0 Å². The van der Waals surface area contributed by atoms with E-state index in [9.17, 15) is 4.39 Å². The molecule has 60 valence electrons. The second-order valence-corrected chi connectivity index (χ2v) is 2.24. The van der Waals surface area contributed by atoms with Crippen molar-refractivity contribution >= 4 is 5.71 Å². The van der Waals surface area contributed by atoms with Crippen molar-refractivity contribution in [2.24, 2.45) is 11.1 Å². The molecule has 0 aliphatic carbocycles. The Morgan fingerprint density at radius 1 is 1.50 bits per heavy atom. The van der Waals surface area contributed by atoms with Crippen molar-refractivity contribution in [1.82, 2.24) is 0 Å². The van der Waals surface area contributed by atoms with Gasteiger partial charge in [0, 0.05) is 5.92 Å². The second kappa shape index (κ2) is 5.21. The number of oxime groups is 1. The first-order chi connectivity index (χ1) is 4.79. The molecule has 0 spiro atoms. The van der Waals surface area contributed by atoms with Gasteiger partial charge in [-0.3, -0.25) is 0 Å². The molecule has 0 aromatic carbocycles. The summed E-state index contributed by atoms with van der Waals surface area (Å²) < 4.78 is 12.0. The molecule has 10 heavy (non-hydrogen) atoms. The molecule has 0 atom stereocenters. The van der Waals surface area contributed by atoms with Crippen LogP contribution in [0.5, 0.6) is 0 Å². The lowest BCUT2D eigenvalue weighted by molar-refractivity contribution is 0.309. The molecular weight excluding hydrogens is 133 g/mol. The summed E-state index contributed by atoms with van der Waals surface area (Å²) in [6, 6.07) is 0. The monoisotopic (exact) mass is 147 g/mol. The van der Waals surface area contributed by atoms with Gasteiger partial charge in [0.1, 0.15) is 6.67 Å². The van der Waals surface area contributed by atoms with Gasteiger partial charge in [0.2, 0.25) is 0 Å². The van der Waals surface area contributed by atoms with Crippen LogP contribution < -0.4 is 0 Å². The average Bonchev–Trinajstić information content (AvgIpc) is 2.00. The van der Waals surface area contributed by atoms with E-state index in [2.05, 4.69) is 5.16 Å². The molecule has 0 saturated carbocycles. The Morgan fingerprint density at radius 3 is 2.10 bits per heavy atom. The maximum absolute atomic E-state index is 12.0. The topological polar surface area (TPSA) is 32.6 Å². The van der Waals surface area contributed by atoms with Crippen molar-refractivity contribution in [3.8, 4) is 0 Å². The zero-order chi connectivity index (χ0) is 7.98. The third-order valence-electron chi connectivity index (χ3n) is 1.72. The number of nitrogens with zero attached hydrogens (tertiary/aromatic N) is 1. The maximum Gasteiger partial charge on any atom is 0.131 e. The van der Waals surface area contributed by atoms with Crippen LogP contribution in [0.15, 0.2) is 5.16 Å². The summed E-state index contributed by atoms with van der Waals surface area (Å²) in [5.74, 6) is 0.106. The van der Waals surface area contributed by atoms with Gasteiger partial charge in [-0.05, 0) is 12.8 Å². The Morgan fingerprint density at radius 2 is 2.00 bits per heavy atom. The van der Waals surface area contributed by atoms with Gasteiger partial charge in [-0.1, -0.05) is 19.0 Å². The zero-order valence-corrected chi connectivity index (χ0v) is 6.47. The lowest BCUT2D eigenvalue weighted by atomic mass is 9.98. The van der Waals surface area contributed by atoms with E-state index in [1.807, 2.05) is 13.8 Å². The highest BCUT2D eigenvalue weighted by molar-refractivity contribution is 5.87. The van der Waals surface area contributed by atoms with E-state index in [-0.39, 0.29) is 11.6 Å². The van der Waals surface area contributed by atoms with E-state index in [1.54, 1.807) is 0 Å². The van der Waals surface area contributed by atoms with Gasteiger partial charge >= 0.3 is 0 Å². The molecule has 0 bridgehead atoms. The van der Waals surface area contributed by atoms with Gasteiger partial charge < -0.3 is 5.21 Å². The molecule has 0 aliphatic rings. The van der Waals surface area contributed by atoms with E-state index < -0.39 is 6.67 Å². The maximum atomic E-state index is 12.0. The predicted octanol–water partition coefficient (Wildman–Crippen LogP) is 2.22. The molecule has 2 nitrogen and oxygen atoms in total. The smallest absolute Gasteiger partial charge is 0.131 e. The van der Waals surface area contributed by atoms with Gasteiger partial charge in [0.05, 0.1) is 5.71 Å². The van der Waals surface area contributed by atoms with Crippen LogP contribution in [0.1, 0.15) is 26.7 Å². The minimum absolute atomic E-state index is 0.106. The molecule has 0 radical (unpaired) electrons. The standard InChI is InChI=1S/C7H14FNO/c1-3-6(4-2)7(5-8)9-10/h6,10H,3-5H2,1-2H3. The number of hydrogen-bond acceptors (Lipinski definition) is 2. The number of alkyl halides is 1. The highest BCUT2D eigenvalue weighted by Crippen LogP contribution is 2.09. The third kappa shape index (κ3) is 2.33. The van der Waals surface area contributed by atoms with Crippen LogP contribution in [0.3, 0.4) is 0 Å². The number of halogens is 1. The molecule has 0 aromatic heterocycles. The largest absolute Gasteiger partial charge is 0.411 e. The van der Waals surface area contributed by atoms with Gasteiger partial charge in [-0.25, -0.2) is 4.39 Å². The van der Waals surface area contributed by atoms with Crippen LogP contribution in [0, 0.1) is 5.92 Å². The van der Waals surface area contributed by atoms with Crippen molar-refractivity contribution in [3.63, 3.8) is 0 Å². The summed E-state index contributed by atoms with van der Waals surface area (Å²) >= 11 is 0. The average molecular weight is 147 g/mol. The number of hydrogen-bond donors (Lipinski definition) is 1. The predicted molar refractivity (Wildman–Crippen MR) is 39.3 cm³/mol. The fourth-order valence-electron chi connectivity index (χ4n) is 0.977. The van der Waals surface area contributed by atoms with Gasteiger partial charge in [-0.2, -0.15) is 0 Å². The summed E-state index contributed by atoms with van der Waals surface area (Å²) in [5.41, 5.74) is 0.269. The fourth-order valence-corrected chi connectivity index (χ4v) is 0.977. The third-order valence-corrected chi connectivity index (χ3v) is 1.72. The van der Waals surface area contributed by atoms with Gasteiger partial charge in [0.15, 0.2) is 0 Å². The first kappa shape index (κ1) is 9.40. The van der Waals surface area contributed by atoms with E-state index in [0.717, 1.165) is 12.8 Å². The molecule has 0 aliphatic heterocycles. The molecule has 3 heteroatoms. The van der Waals surface area contributed by atoms with Gasteiger partial charge in [-0.15, -0.1) is 0 Å². The summed E-state index contributed by atoms with van der Waals surface area (Å²) in [7, 11) is 0. The minimum atomic E-state index is -0.636. The molecule has 0 aromatic rings. The van der Waals surface area contributed by atoms with Crippen LogP contribution in [0.4, 0.5) is 4.39 Å². The first-order valence-electron chi connectivity index (χ1n) is 3.56. The summed E-state index contributed by atoms with van der Waals surface area (Å²) in [4.78, 5) is 0. The first-order valence-corrected chi connectivity index (χ1v) is 3.56. The fraction of sp³-hybridized carbons (Fsp3) is 0.857. The Hall–Kier alpha value is -0.600. The minimum Gasteiger partial charge on any atom is -0.411 e. The highest BCUT2D eigenvalue weighted by atomic mass is 19.1. The summed E-state index contributed by atoms with van der Waals surface area (Å²) in [5, 5.41) is 11.2. The van der Waals surface area contributed by atoms with Crippen molar-refractivity contribution in [3.05, 3.63) is 0 Å². The van der Waals surface area contributed by atoms with Crippen molar-refractivity contribution in [2.45, 2.75) is 26.7 Å². The Kier molecular flexibility index (Phi) is 4.89. The quantitative estimate of drug-likeness (QED) is 0.369. The zero-order valence-electron chi connectivity index (χ0n) is 6.47. The Balaban J connectivity index is 3.97. The van der Waals surface area contributed by atoms with E-state index in [4.69, 9.17) is 5.21 Å². The Labute approximate surface area is 60.7 Å². The Bertz CT molecular complexity index is 110. The van der Waals surface area contributed by atoms with Crippen LogP contribution in [0.25, 0.3) is 0 Å². The van der Waals surface area contributed by atoms with Crippen LogP contribution in [0.2, 0.25) is 0 Å². The molecule has 0 unspecified atom stereocenters. The van der Waals surface area contributed by atoms with E-state index in [1.165, 1.54) is 0 Å². The molecule has 0 amide bonds. The molecular formula is C7H14FNO. The lowest BCUT2D eigenvalue weighted by Gasteiger charge is -2.09.